The number of nitrogens with one attached hydrogen (secondary N) is 1. The molecule has 1 heterocycles. The molecular formula is C28H31NO6. The minimum Gasteiger partial charge on any atom is -0.445 e. The maximum atomic E-state index is 13.0. The van der Waals surface area contributed by atoms with E-state index in [9.17, 15) is 14.4 Å². The molecule has 3 aromatic rings. The van der Waals surface area contributed by atoms with Crippen LogP contribution in [0.25, 0.3) is 11.0 Å². The summed E-state index contributed by atoms with van der Waals surface area (Å²) in [6.07, 6.45) is 4.92. The van der Waals surface area contributed by atoms with Crippen molar-refractivity contribution >= 4 is 23.0 Å². The third-order valence-electron chi connectivity index (χ3n) is 6.44. The Bertz CT molecular complexity index is 1260. The number of carbonyl (C=O) groups excluding carboxylic acids is 2. The number of benzene rings is 2. The highest BCUT2D eigenvalue weighted by Gasteiger charge is 2.25. The van der Waals surface area contributed by atoms with Crippen molar-refractivity contribution in [3.8, 4) is 5.75 Å². The Hall–Kier alpha value is -3.61. The zero-order chi connectivity index (χ0) is 24.8. The first-order chi connectivity index (χ1) is 17.0. The van der Waals surface area contributed by atoms with E-state index in [0.29, 0.717) is 23.3 Å². The first-order valence-electron chi connectivity index (χ1n) is 12.2. The predicted molar refractivity (Wildman–Crippen MR) is 133 cm³/mol. The average Bonchev–Trinajstić information content (AvgIpc) is 2.88. The lowest BCUT2D eigenvalue weighted by atomic mass is 9.90. The van der Waals surface area contributed by atoms with Gasteiger partial charge in [0.15, 0.2) is 0 Å². The number of aryl methyl sites for hydroxylation is 2. The quantitative estimate of drug-likeness (QED) is 0.266. The van der Waals surface area contributed by atoms with Crippen LogP contribution in [-0.4, -0.2) is 18.1 Å². The standard InChI is InChI=1S/C28H31NO6/c1-3-4-14-23(29-28(32)33-17-19-10-6-5-7-11-19)27(31)34-24-16-15-21-20-12-8-9-13-22(20)26(30)35-25(21)18(24)2/h5-7,10-11,15-16,23H,3-4,8-9,12-14,17H2,1-2H3,(H,29,32)/t23-/m0/s1. The summed E-state index contributed by atoms with van der Waals surface area (Å²) in [6, 6.07) is 12.0. The average molecular weight is 478 g/mol. The molecule has 1 aromatic heterocycles. The van der Waals surface area contributed by atoms with Crippen molar-refractivity contribution in [2.24, 2.45) is 0 Å². The molecule has 1 atom stereocenters. The highest BCUT2D eigenvalue weighted by molar-refractivity contribution is 5.88. The number of rotatable bonds is 8. The molecule has 0 bridgehead atoms. The number of fused-ring (bicyclic) bond motifs is 3. The number of hydrogen-bond acceptors (Lipinski definition) is 6. The van der Waals surface area contributed by atoms with E-state index in [-0.39, 0.29) is 12.2 Å². The second kappa shape index (κ2) is 11.2. The molecule has 1 aliphatic rings. The second-order valence-corrected chi connectivity index (χ2v) is 8.94. The van der Waals surface area contributed by atoms with Gasteiger partial charge in [-0.05, 0) is 62.3 Å². The van der Waals surface area contributed by atoms with Crippen molar-refractivity contribution in [1.29, 1.82) is 0 Å². The minimum atomic E-state index is -0.858. The van der Waals surface area contributed by atoms with Crippen LogP contribution >= 0.6 is 0 Å². The molecule has 1 N–H and O–H groups in total. The van der Waals surface area contributed by atoms with E-state index in [1.54, 1.807) is 13.0 Å². The van der Waals surface area contributed by atoms with Crippen LogP contribution < -0.4 is 15.7 Å². The number of hydrogen-bond donors (Lipinski definition) is 1. The molecule has 4 rings (SSSR count). The molecule has 1 aliphatic carbocycles. The van der Waals surface area contributed by atoms with Crippen molar-refractivity contribution in [3.63, 3.8) is 0 Å². The van der Waals surface area contributed by atoms with E-state index >= 15 is 0 Å². The zero-order valence-corrected chi connectivity index (χ0v) is 20.2. The smallest absolute Gasteiger partial charge is 0.408 e. The van der Waals surface area contributed by atoms with Gasteiger partial charge in [-0.1, -0.05) is 50.1 Å². The zero-order valence-electron chi connectivity index (χ0n) is 20.2. The number of alkyl carbamates (subject to hydrolysis) is 1. The van der Waals surface area contributed by atoms with Gasteiger partial charge in [-0.2, -0.15) is 0 Å². The van der Waals surface area contributed by atoms with Crippen LogP contribution in [0.2, 0.25) is 0 Å². The van der Waals surface area contributed by atoms with Gasteiger partial charge in [0.05, 0.1) is 0 Å². The van der Waals surface area contributed by atoms with Gasteiger partial charge in [0.1, 0.15) is 24.0 Å². The van der Waals surface area contributed by atoms with Gasteiger partial charge in [-0.3, -0.25) is 0 Å². The van der Waals surface area contributed by atoms with Crippen molar-refractivity contribution in [1.82, 2.24) is 5.32 Å². The number of unbranched alkanes of at least 4 members (excludes halogenated alkanes) is 1. The summed E-state index contributed by atoms with van der Waals surface area (Å²) in [5, 5.41) is 3.53. The Morgan fingerprint density at radius 2 is 1.80 bits per heavy atom. The lowest BCUT2D eigenvalue weighted by molar-refractivity contribution is -0.136. The third-order valence-corrected chi connectivity index (χ3v) is 6.44. The summed E-state index contributed by atoms with van der Waals surface area (Å²) in [6.45, 7) is 3.88. The summed E-state index contributed by atoms with van der Waals surface area (Å²) >= 11 is 0. The van der Waals surface area contributed by atoms with Gasteiger partial charge >= 0.3 is 17.7 Å². The van der Waals surface area contributed by atoms with E-state index in [4.69, 9.17) is 13.9 Å². The summed E-state index contributed by atoms with van der Waals surface area (Å²) < 4.78 is 16.6. The maximum absolute atomic E-state index is 13.0. The molecule has 0 saturated heterocycles. The van der Waals surface area contributed by atoms with Crippen LogP contribution in [0.3, 0.4) is 0 Å². The minimum absolute atomic E-state index is 0.107. The molecule has 0 spiro atoms. The van der Waals surface area contributed by atoms with Crippen molar-refractivity contribution in [2.75, 3.05) is 0 Å². The van der Waals surface area contributed by atoms with E-state index in [0.717, 1.165) is 60.6 Å². The topological polar surface area (TPSA) is 94.8 Å². The molecule has 0 fully saturated rings. The summed E-state index contributed by atoms with van der Waals surface area (Å²) in [5.41, 5.74) is 3.36. The number of ether oxygens (including phenoxy) is 2. The van der Waals surface area contributed by atoms with Crippen LogP contribution in [0.1, 0.15) is 61.3 Å². The molecular weight excluding hydrogens is 446 g/mol. The predicted octanol–water partition coefficient (Wildman–Crippen LogP) is 5.37. The number of amides is 1. The fraction of sp³-hybridized carbons (Fsp3) is 0.393. The molecule has 184 valence electrons. The molecule has 1 amide bonds. The highest BCUT2D eigenvalue weighted by Crippen LogP contribution is 2.32. The fourth-order valence-electron chi connectivity index (χ4n) is 4.48. The van der Waals surface area contributed by atoms with Crippen LogP contribution in [0.4, 0.5) is 4.79 Å². The van der Waals surface area contributed by atoms with E-state index in [2.05, 4.69) is 5.32 Å². The maximum Gasteiger partial charge on any atom is 0.408 e. The van der Waals surface area contributed by atoms with Gasteiger partial charge in [0, 0.05) is 16.5 Å². The lowest BCUT2D eigenvalue weighted by Gasteiger charge is -2.19. The number of esters is 1. The molecule has 35 heavy (non-hydrogen) atoms. The highest BCUT2D eigenvalue weighted by atomic mass is 16.6. The van der Waals surface area contributed by atoms with Crippen LogP contribution in [0.15, 0.2) is 51.7 Å². The first kappa shape index (κ1) is 24.5. The molecule has 0 radical (unpaired) electrons. The van der Waals surface area contributed by atoms with Gasteiger partial charge in [0.2, 0.25) is 0 Å². The largest absolute Gasteiger partial charge is 0.445 e. The Morgan fingerprint density at radius 1 is 1.06 bits per heavy atom. The molecule has 0 unspecified atom stereocenters. The van der Waals surface area contributed by atoms with Gasteiger partial charge in [0.25, 0.3) is 0 Å². The fourth-order valence-corrected chi connectivity index (χ4v) is 4.48. The van der Waals surface area contributed by atoms with Gasteiger partial charge in [-0.25, -0.2) is 14.4 Å². The van der Waals surface area contributed by atoms with Gasteiger partial charge < -0.3 is 19.2 Å². The van der Waals surface area contributed by atoms with Crippen molar-refractivity contribution in [3.05, 3.63) is 75.1 Å². The Labute approximate surface area is 204 Å². The summed E-state index contributed by atoms with van der Waals surface area (Å²) in [7, 11) is 0. The molecule has 7 nitrogen and oxygen atoms in total. The lowest BCUT2D eigenvalue weighted by Crippen LogP contribution is -2.43. The SMILES string of the molecule is CCCC[C@H](NC(=O)OCc1ccccc1)C(=O)Oc1ccc2c3c(c(=O)oc2c1C)CCCC3. The first-order valence-corrected chi connectivity index (χ1v) is 12.2. The monoisotopic (exact) mass is 477 g/mol. The second-order valence-electron chi connectivity index (χ2n) is 8.94. The van der Waals surface area contributed by atoms with E-state index in [1.807, 2.05) is 43.3 Å². The van der Waals surface area contributed by atoms with Crippen molar-refractivity contribution < 1.29 is 23.5 Å². The van der Waals surface area contributed by atoms with Crippen LogP contribution in [-0.2, 0) is 29.0 Å². The van der Waals surface area contributed by atoms with Crippen LogP contribution in [0, 0.1) is 6.92 Å². The van der Waals surface area contributed by atoms with Crippen molar-refractivity contribution in [2.45, 2.75) is 71.4 Å². The Kier molecular flexibility index (Phi) is 7.85. The summed E-state index contributed by atoms with van der Waals surface area (Å²) in [5.74, 6) is -0.278. The Balaban J connectivity index is 1.50. The molecule has 2 aromatic carbocycles. The molecule has 0 aliphatic heterocycles. The van der Waals surface area contributed by atoms with E-state index in [1.165, 1.54) is 0 Å². The third kappa shape index (κ3) is 5.73. The van der Waals surface area contributed by atoms with Gasteiger partial charge in [-0.15, -0.1) is 0 Å². The van der Waals surface area contributed by atoms with E-state index < -0.39 is 18.1 Å². The summed E-state index contributed by atoms with van der Waals surface area (Å²) in [4.78, 5) is 37.9. The molecule has 0 saturated carbocycles. The normalized spacial score (nSPS) is 13.7. The number of carbonyl (C=O) groups is 2. The molecule has 7 heteroatoms. The van der Waals surface area contributed by atoms with Crippen LogP contribution in [0.5, 0.6) is 5.75 Å². The Morgan fingerprint density at radius 3 is 2.54 bits per heavy atom.